The number of halogens is 1. The van der Waals surface area contributed by atoms with Crippen LogP contribution in [0.2, 0.25) is 0 Å². The summed E-state index contributed by atoms with van der Waals surface area (Å²) in [4.78, 5) is 13.7. The number of nitrogens with one attached hydrogen (secondary N) is 1. The summed E-state index contributed by atoms with van der Waals surface area (Å²) < 4.78 is 19.1. The maximum Gasteiger partial charge on any atom is 0.318 e. The zero-order chi connectivity index (χ0) is 17.0. The molecule has 0 radical (unpaired) electrons. The number of likely N-dealkylation sites (tertiary alicyclic amines) is 1. The number of alkyl halides is 1. The van der Waals surface area contributed by atoms with E-state index >= 15 is 0 Å². The molecule has 5 nitrogen and oxygen atoms in total. The van der Waals surface area contributed by atoms with Crippen molar-refractivity contribution in [3.05, 3.63) is 29.8 Å². The number of hydrogen-bond donors (Lipinski definition) is 2. The number of nitrogens with zero attached hydrogens (tertiary/aromatic N) is 1. The van der Waals surface area contributed by atoms with Gasteiger partial charge in [-0.05, 0) is 38.5 Å². The number of hydrogen-bond acceptors (Lipinski definition) is 3. The Morgan fingerprint density at radius 1 is 1.48 bits per heavy atom. The SMILES string of the molecule is CC(C)Oc1cccc(C(C)NC(=O)N2CC(F)CC2CO)c1. The molecule has 1 aliphatic rings. The van der Waals surface area contributed by atoms with Gasteiger partial charge in [0.1, 0.15) is 11.9 Å². The molecule has 1 heterocycles. The van der Waals surface area contributed by atoms with Crippen LogP contribution < -0.4 is 10.1 Å². The number of urea groups is 1. The van der Waals surface area contributed by atoms with Gasteiger partial charge in [-0.1, -0.05) is 12.1 Å². The van der Waals surface area contributed by atoms with Crippen molar-refractivity contribution in [1.82, 2.24) is 10.2 Å². The van der Waals surface area contributed by atoms with Gasteiger partial charge >= 0.3 is 6.03 Å². The monoisotopic (exact) mass is 324 g/mol. The lowest BCUT2D eigenvalue weighted by molar-refractivity contribution is 0.154. The van der Waals surface area contributed by atoms with E-state index in [0.717, 1.165) is 11.3 Å². The fourth-order valence-corrected chi connectivity index (χ4v) is 2.76. The van der Waals surface area contributed by atoms with Crippen LogP contribution in [-0.4, -0.2) is 47.5 Å². The second kappa shape index (κ2) is 7.64. The Hall–Kier alpha value is -1.82. The topological polar surface area (TPSA) is 61.8 Å². The number of carbonyl (C=O) groups excluding carboxylic acids is 1. The Labute approximate surface area is 136 Å². The molecule has 0 bridgehead atoms. The summed E-state index contributed by atoms with van der Waals surface area (Å²) in [5.74, 6) is 0.747. The highest BCUT2D eigenvalue weighted by Crippen LogP contribution is 2.23. The number of aliphatic hydroxyl groups excluding tert-OH is 1. The van der Waals surface area contributed by atoms with Crippen LogP contribution in [0.1, 0.15) is 38.8 Å². The van der Waals surface area contributed by atoms with Gasteiger partial charge in [0.2, 0.25) is 0 Å². The summed E-state index contributed by atoms with van der Waals surface area (Å²) in [7, 11) is 0. The first-order valence-electron chi connectivity index (χ1n) is 7.99. The molecule has 1 saturated heterocycles. The third-order valence-corrected chi connectivity index (χ3v) is 3.90. The summed E-state index contributed by atoms with van der Waals surface area (Å²) in [6.07, 6.45) is -0.807. The summed E-state index contributed by atoms with van der Waals surface area (Å²) in [6, 6.07) is 6.49. The molecule has 0 saturated carbocycles. The number of carbonyl (C=O) groups is 1. The fourth-order valence-electron chi connectivity index (χ4n) is 2.76. The second-order valence-corrected chi connectivity index (χ2v) is 6.23. The molecular formula is C17H25FN2O3. The summed E-state index contributed by atoms with van der Waals surface area (Å²) in [6.45, 7) is 5.57. The Bertz CT molecular complexity index is 538. The van der Waals surface area contributed by atoms with E-state index in [0.29, 0.717) is 0 Å². The van der Waals surface area contributed by atoms with Crippen molar-refractivity contribution in [3.63, 3.8) is 0 Å². The zero-order valence-corrected chi connectivity index (χ0v) is 13.8. The van der Waals surface area contributed by atoms with Gasteiger partial charge in [-0.2, -0.15) is 0 Å². The molecular weight excluding hydrogens is 299 g/mol. The number of amides is 2. The molecule has 23 heavy (non-hydrogen) atoms. The van der Waals surface area contributed by atoms with Crippen molar-refractivity contribution >= 4 is 6.03 Å². The Kier molecular flexibility index (Phi) is 5.82. The van der Waals surface area contributed by atoms with Crippen molar-refractivity contribution in [1.29, 1.82) is 0 Å². The minimum atomic E-state index is -1.07. The molecule has 6 heteroatoms. The van der Waals surface area contributed by atoms with Crippen LogP contribution in [0.3, 0.4) is 0 Å². The third kappa shape index (κ3) is 4.58. The predicted molar refractivity (Wildman–Crippen MR) is 86.2 cm³/mol. The van der Waals surface area contributed by atoms with E-state index in [9.17, 15) is 14.3 Å². The van der Waals surface area contributed by atoms with Gasteiger partial charge < -0.3 is 20.1 Å². The molecule has 1 fully saturated rings. The summed E-state index contributed by atoms with van der Waals surface area (Å²) in [5.41, 5.74) is 0.910. The van der Waals surface area contributed by atoms with Gasteiger partial charge in [0.15, 0.2) is 0 Å². The van der Waals surface area contributed by atoms with Crippen LogP contribution in [0.4, 0.5) is 9.18 Å². The lowest BCUT2D eigenvalue weighted by Gasteiger charge is -2.25. The maximum absolute atomic E-state index is 13.5. The smallest absolute Gasteiger partial charge is 0.318 e. The maximum atomic E-state index is 13.5. The predicted octanol–water partition coefficient (Wildman–Crippen LogP) is 2.65. The van der Waals surface area contributed by atoms with Crippen molar-refractivity contribution < 1.29 is 19.0 Å². The fraction of sp³-hybridized carbons (Fsp3) is 0.588. The Morgan fingerprint density at radius 3 is 2.87 bits per heavy atom. The molecule has 0 spiro atoms. The van der Waals surface area contributed by atoms with E-state index in [2.05, 4.69) is 5.32 Å². The highest BCUT2D eigenvalue weighted by molar-refractivity contribution is 5.75. The molecule has 1 aromatic rings. The van der Waals surface area contributed by atoms with Crippen LogP contribution in [0, 0.1) is 0 Å². The van der Waals surface area contributed by atoms with Crippen LogP contribution in [-0.2, 0) is 0 Å². The number of rotatable bonds is 5. The Balaban J connectivity index is 2.01. The van der Waals surface area contributed by atoms with Gasteiger partial charge in [-0.3, -0.25) is 0 Å². The van der Waals surface area contributed by atoms with E-state index in [1.54, 1.807) is 0 Å². The van der Waals surface area contributed by atoms with Gasteiger partial charge in [0.05, 0.1) is 31.3 Å². The quantitative estimate of drug-likeness (QED) is 0.875. The lowest BCUT2D eigenvalue weighted by atomic mass is 10.1. The van der Waals surface area contributed by atoms with Crippen molar-refractivity contribution in [2.24, 2.45) is 0 Å². The first kappa shape index (κ1) is 17.5. The molecule has 0 aliphatic carbocycles. The molecule has 3 atom stereocenters. The average Bonchev–Trinajstić information content (AvgIpc) is 2.88. The summed E-state index contributed by atoms with van der Waals surface area (Å²) >= 11 is 0. The van der Waals surface area contributed by atoms with E-state index in [-0.39, 0.29) is 37.7 Å². The lowest BCUT2D eigenvalue weighted by Crippen LogP contribution is -2.45. The number of aliphatic hydroxyl groups is 1. The highest BCUT2D eigenvalue weighted by atomic mass is 19.1. The molecule has 128 valence electrons. The first-order valence-corrected chi connectivity index (χ1v) is 7.99. The van der Waals surface area contributed by atoms with Crippen molar-refractivity contribution in [2.45, 2.75) is 51.6 Å². The molecule has 2 rings (SSSR count). The van der Waals surface area contributed by atoms with Crippen LogP contribution >= 0.6 is 0 Å². The second-order valence-electron chi connectivity index (χ2n) is 6.23. The average molecular weight is 324 g/mol. The summed E-state index contributed by atoms with van der Waals surface area (Å²) in [5, 5.41) is 12.1. The standard InChI is InChI=1S/C17H25FN2O3/c1-11(2)23-16-6-4-5-13(7-16)12(3)19-17(22)20-9-14(18)8-15(20)10-21/h4-7,11-12,14-15,21H,8-10H2,1-3H3,(H,19,22). The van der Waals surface area contributed by atoms with E-state index in [4.69, 9.17) is 4.74 Å². The normalized spacial score (nSPS) is 22.3. The first-order chi connectivity index (χ1) is 10.9. The minimum absolute atomic E-state index is 0.0281. The van der Waals surface area contributed by atoms with Crippen molar-refractivity contribution in [2.75, 3.05) is 13.2 Å². The largest absolute Gasteiger partial charge is 0.491 e. The molecule has 1 aromatic carbocycles. The molecule has 1 aliphatic heterocycles. The minimum Gasteiger partial charge on any atom is -0.491 e. The van der Waals surface area contributed by atoms with Gasteiger partial charge in [-0.25, -0.2) is 9.18 Å². The van der Waals surface area contributed by atoms with E-state index < -0.39 is 12.2 Å². The third-order valence-electron chi connectivity index (χ3n) is 3.90. The number of ether oxygens (including phenoxy) is 1. The Morgan fingerprint density at radius 2 is 2.22 bits per heavy atom. The van der Waals surface area contributed by atoms with E-state index in [1.165, 1.54) is 4.90 Å². The van der Waals surface area contributed by atoms with Gasteiger partial charge in [0, 0.05) is 6.42 Å². The zero-order valence-electron chi connectivity index (χ0n) is 13.8. The van der Waals surface area contributed by atoms with Crippen LogP contribution in [0.5, 0.6) is 5.75 Å². The van der Waals surface area contributed by atoms with Crippen LogP contribution in [0.25, 0.3) is 0 Å². The molecule has 2 amide bonds. The van der Waals surface area contributed by atoms with Gasteiger partial charge in [0.25, 0.3) is 0 Å². The molecule has 3 unspecified atom stereocenters. The van der Waals surface area contributed by atoms with Crippen molar-refractivity contribution in [3.8, 4) is 5.75 Å². The molecule has 0 aromatic heterocycles. The van der Waals surface area contributed by atoms with Gasteiger partial charge in [-0.15, -0.1) is 0 Å². The molecule has 2 N–H and O–H groups in total. The highest BCUT2D eigenvalue weighted by Gasteiger charge is 2.35. The van der Waals surface area contributed by atoms with E-state index in [1.807, 2.05) is 45.0 Å². The van der Waals surface area contributed by atoms with Crippen LogP contribution in [0.15, 0.2) is 24.3 Å². The number of benzene rings is 1.